The highest BCUT2D eigenvalue weighted by Crippen LogP contribution is 2.24. The van der Waals surface area contributed by atoms with Gasteiger partial charge in [0.25, 0.3) is 5.24 Å². The van der Waals surface area contributed by atoms with Crippen molar-refractivity contribution in [3.8, 4) is 0 Å². The number of carbonyl (C=O) groups is 2. The molecule has 1 aliphatic heterocycles. The summed E-state index contributed by atoms with van der Waals surface area (Å²) in [7, 11) is 0. The zero-order valence-corrected chi connectivity index (χ0v) is 15.3. The fourth-order valence-corrected chi connectivity index (χ4v) is 4.06. The van der Waals surface area contributed by atoms with Crippen LogP contribution in [0.15, 0.2) is 53.7 Å². The summed E-state index contributed by atoms with van der Waals surface area (Å²) >= 11 is 3.04. The number of nitrogens with zero attached hydrogens (tertiary/aromatic N) is 2. The predicted molar refractivity (Wildman–Crippen MR) is 103 cm³/mol. The number of aromatic nitrogens is 1. The van der Waals surface area contributed by atoms with Crippen molar-refractivity contribution in [3.05, 3.63) is 54.4 Å². The molecule has 2 heterocycles. The van der Waals surface area contributed by atoms with Gasteiger partial charge < -0.3 is 10.2 Å². The zero-order chi connectivity index (χ0) is 17.5. The molecule has 0 bridgehead atoms. The van der Waals surface area contributed by atoms with Crippen LogP contribution in [0.1, 0.15) is 12.0 Å². The summed E-state index contributed by atoms with van der Waals surface area (Å²) in [5.74, 6) is 1.61. The first-order valence-electron chi connectivity index (χ1n) is 8.04. The number of nitrogens with one attached hydrogen (secondary N) is 1. The van der Waals surface area contributed by atoms with E-state index in [2.05, 4.69) is 16.4 Å². The second kappa shape index (κ2) is 8.92. The van der Waals surface area contributed by atoms with Crippen LogP contribution in [0, 0.1) is 0 Å². The van der Waals surface area contributed by atoms with Gasteiger partial charge in [0.05, 0.1) is 0 Å². The Kier molecular flexibility index (Phi) is 6.36. The lowest BCUT2D eigenvalue weighted by Crippen LogP contribution is -2.27. The first kappa shape index (κ1) is 17.8. The lowest BCUT2D eigenvalue weighted by Gasteiger charge is -2.14. The van der Waals surface area contributed by atoms with E-state index in [1.165, 1.54) is 17.3 Å². The van der Waals surface area contributed by atoms with Gasteiger partial charge in [-0.25, -0.2) is 0 Å². The third-order valence-corrected chi connectivity index (χ3v) is 5.70. The van der Waals surface area contributed by atoms with Crippen LogP contribution in [-0.4, -0.2) is 39.9 Å². The molecule has 1 saturated heterocycles. The lowest BCUT2D eigenvalue weighted by atomic mass is 10.3. The molecule has 1 aliphatic rings. The molecule has 0 atom stereocenters. The van der Waals surface area contributed by atoms with E-state index in [1.807, 2.05) is 36.5 Å². The Morgan fingerprint density at radius 3 is 2.80 bits per heavy atom. The van der Waals surface area contributed by atoms with Crippen molar-refractivity contribution in [1.29, 1.82) is 0 Å². The molecule has 2 aromatic rings. The average Bonchev–Trinajstić information content (AvgIpc) is 3.05. The third kappa shape index (κ3) is 5.51. The number of thioether (sulfide) groups is 2. The van der Waals surface area contributed by atoms with Gasteiger partial charge in [0.15, 0.2) is 0 Å². The maximum atomic E-state index is 12.0. The monoisotopic (exact) mass is 373 g/mol. The van der Waals surface area contributed by atoms with Crippen molar-refractivity contribution in [2.24, 2.45) is 0 Å². The Labute approximate surface area is 155 Å². The fourth-order valence-electron chi connectivity index (χ4n) is 2.37. The van der Waals surface area contributed by atoms with Gasteiger partial charge in [-0.15, -0.1) is 11.8 Å². The van der Waals surface area contributed by atoms with Gasteiger partial charge in [-0.2, -0.15) is 0 Å². The number of pyridine rings is 1. The smallest absolute Gasteiger partial charge is 0.281 e. The van der Waals surface area contributed by atoms with Crippen molar-refractivity contribution in [2.45, 2.75) is 17.1 Å². The molecular weight excluding hydrogens is 354 g/mol. The highest BCUT2D eigenvalue weighted by Gasteiger charge is 2.21. The Balaban J connectivity index is 1.43. The second-order valence-corrected chi connectivity index (χ2v) is 7.67. The van der Waals surface area contributed by atoms with E-state index in [0.29, 0.717) is 13.0 Å². The van der Waals surface area contributed by atoms with Gasteiger partial charge >= 0.3 is 0 Å². The summed E-state index contributed by atoms with van der Waals surface area (Å²) < 4.78 is 0. The molecule has 0 radical (unpaired) electrons. The van der Waals surface area contributed by atoms with E-state index in [0.717, 1.165) is 28.6 Å². The molecule has 7 heteroatoms. The van der Waals surface area contributed by atoms with Crippen molar-refractivity contribution >= 4 is 40.4 Å². The molecule has 2 amide bonds. The molecule has 25 heavy (non-hydrogen) atoms. The summed E-state index contributed by atoms with van der Waals surface area (Å²) in [5, 5.41) is 2.95. The maximum absolute atomic E-state index is 12.0. The van der Waals surface area contributed by atoms with E-state index in [-0.39, 0.29) is 11.1 Å². The van der Waals surface area contributed by atoms with Crippen LogP contribution in [0.25, 0.3) is 0 Å². The molecule has 3 rings (SSSR count). The van der Waals surface area contributed by atoms with E-state index < -0.39 is 0 Å². The van der Waals surface area contributed by atoms with Crippen molar-refractivity contribution in [3.63, 3.8) is 0 Å². The number of rotatable bonds is 7. The van der Waals surface area contributed by atoms with Gasteiger partial charge in [0.2, 0.25) is 5.91 Å². The van der Waals surface area contributed by atoms with Gasteiger partial charge in [-0.05, 0) is 35.9 Å². The Morgan fingerprint density at radius 2 is 2.12 bits per heavy atom. The zero-order valence-electron chi connectivity index (χ0n) is 13.7. The Morgan fingerprint density at radius 1 is 1.28 bits per heavy atom. The van der Waals surface area contributed by atoms with Crippen LogP contribution >= 0.6 is 23.5 Å². The quantitative estimate of drug-likeness (QED) is 0.747. The normalized spacial score (nSPS) is 13.9. The molecule has 1 fully saturated rings. The van der Waals surface area contributed by atoms with Gasteiger partial charge in [0, 0.05) is 54.0 Å². The highest BCUT2D eigenvalue weighted by molar-refractivity contribution is 8.13. The number of anilines is 1. The van der Waals surface area contributed by atoms with E-state index >= 15 is 0 Å². The molecule has 1 N–H and O–H groups in total. The molecule has 0 unspecified atom stereocenters. The Bertz CT molecular complexity index is 723. The summed E-state index contributed by atoms with van der Waals surface area (Å²) in [6.07, 6.45) is 3.96. The van der Waals surface area contributed by atoms with E-state index in [4.69, 9.17) is 0 Å². The van der Waals surface area contributed by atoms with Crippen molar-refractivity contribution in [2.75, 3.05) is 24.2 Å². The number of amides is 2. The molecule has 0 spiro atoms. The Hall–Kier alpha value is -1.99. The highest BCUT2D eigenvalue weighted by atomic mass is 32.2. The van der Waals surface area contributed by atoms with E-state index in [9.17, 15) is 9.59 Å². The lowest BCUT2D eigenvalue weighted by molar-refractivity contribution is -0.116. The van der Waals surface area contributed by atoms with Gasteiger partial charge in [-0.1, -0.05) is 17.8 Å². The average molecular weight is 374 g/mol. The van der Waals surface area contributed by atoms with E-state index in [1.54, 1.807) is 22.9 Å². The SMILES string of the molecule is O=C(CCN1CCSC1=O)Nc1ccc(SCc2cccnc2)cc1. The minimum Gasteiger partial charge on any atom is -0.332 e. The number of benzene rings is 1. The van der Waals surface area contributed by atoms with Gasteiger partial charge in [-0.3, -0.25) is 14.6 Å². The number of carbonyl (C=O) groups excluding carboxylic acids is 2. The predicted octanol–water partition coefficient (Wildman–Crippen LogP) is 3.87. The minimum absolute atomic E-state index is 0.0690. The largest absolute Gasteiger partial charge is 0.332 e. The molecule has 1 aromatic carbocycles. The van der Waals surface area contributed by atoms with Gasteiger partial charge in [0.1, 0.15) is 0 Å². The summed E-state index contributed by atoms with van der Waals surface area (Å²) in [5.41, 5.74) is 1.96. The number of hydrogen-bond acceptors (Lipinski definition) is 5. The molecule has 0 aliphatic carbocycles. The summed E-state index contributed by atoms with van der Waals surface area (Å²) in [6.45, 7) is 1.22. The first-order chi connectivity index (χ1) is 12.2. The summed E-state index contributed by atoms with van der Waals surface area (Å²) in [4.78, 5) is 30.5. The number of hydrogen-bond donors (Lipinski definition) is 1. The van der Waals surface area contributed by atoms with Crippen LogP contribution in [0.5, 0.6) is 0 Å². The maximum Gasteiger partial charge on any atom is 0.281 e. The topological polar surface area (TPSA) is 62.3 Å². The first-order valence-corrected chi connectivity index (χ1v) is 10.0. The second-order valence-electron chi connectivity index (χ2n) is 5.57. The van der Waals surface area contributed by atoms with Crippen LogP contribution in [0.2, 0.25) is 0 Å². The molecule has 130 valence electrons. The standard InChI is InChI=1S/C18H19N3O2S2/c22-17(7-9-21-10-11-24-18(21)23)20-15-3-5-16(6-4-15)25-13-14-2-1-8-19-12-14/h1-6,8,12H,7,9-11,13H2,(H,20,22). The molecule has 1 aromatic heterocycles. The van der Waals surface area contributed by atoms with Crippen molar-refractivity contribution in [1.82, 2.24) is 9.88 Å². The van der Waals surface area contributed by atoms with Crippen LogP contribution < -0.4 is 5.32 Å². The molecular formula is C18H19N3O2S2. The minimum atomic E-state index is -0.0690. The van der Waals surface area contributed by atoms with Crippen LogP contribution in [0.3, 0.4) is 0 Å². The van der Waals surface area contributed by atoms with Crippen LogP contribution in [0.4, 0.5) is 10.5 Å². The molecule has 0 saturated carbocycles. The summed E-state index contributed by atoms with van der Waals surface area (Å²) in [6, 6.07) is 11.8. The third-order valence-electron chi connectivity index (χ3n) is 3.72. The molecule has 5 nitrogen and oxygen atoms in total. The van der Waals surface area contributed by atoms with Crippen molar-refractivity contribution < 1.29 is 9.59 Å². The fraction of sp³-hybridized carbons (Fsp3) is 0.278. The van der Waals surface area contributed by atoms with Crippen LogP contribution in [-0.2, 0) is 10.5 Å².